The van der Waals surface area contributed by atoms with Crippen molar-refractivity contribution in [1.82, 2.24) is 4.90 Å². The van der Waals surface area contributed by atoms with Crippen molar-refractivity contribution in [3.8, 4) is 0 Å². The third-order valence-electron chi connectivity index (χ3n) is 4.53. The SMILES string of the molecule is C=Cc1ccc(CCO)c(C=O)c1CN(C)CCc1ccc(C)cc1. The molecule has 0 aliphatic rings. The standard InChI is InChI=1S/C22H27NO2/c1-4-19-9-10-20(12-14-24)22(16-25)21(19)15-23(3)13-11-18-7-5-17(2)6-8-18/h4-10,16,24H,1,11-15H2,2-3H3. The summed E-state index contributed by atoms with van der Waals surface area (Å²) in [7, 11) is 2.06. The Kier molecular flexibility index (Phi) is 7.11. The molecule has 0 radical (unpaired) electrons. The maximum absolute atomic E-state index is 11.6. The molecule has 0 atom stereocenters. The minimum absolute atomic E-state index is 0.0387. The number of benzene rings is 2. The number of carbonyl (C=O) groups excluding carboxylic acids is 1. The van der Waals surface area contributed by atoms with Gasteiger partial charge in [-0.2, -0.15) is 0 Å². The number of aliphatic hydroxyl groups is 1. The van der Waals surface area contributed by atoms with E-state index in [4.69, 9.17) is 0 Å². The van der Waals surface area contributed by atoms with Crippen LogP contribution < -0.4 is 0 Å². The van der Waals surface area contributed by atoms with E-state index < -0.39 is 0 Å². The van der Waals surface area contributed by atoms with Crippen LogP contribution in [0.1, 0.15) is 38.2 Å². The molecular weight excluding hydrogens is 310 g/mol. The van der Waals surface area contributed by atoms with Gasteiger partial charge in [0.05, 0.1) is 0 Å². The van der Waals surface area contributed by atoms with Crippen molar-refractivity contribution in [2.24, 2.45) is 0 Å². The van der Waals surface area contributed by atoms with Crippen LogP contribution >= 0.6 is 0 Å². The number of nitrogens with zero attached hydrogens (tertiary/aromatic N) is 1. The van der Waals surface area contributed by atoms with Crippen molar-refractivity contribution in [2.45, 2.75) is 26.3 Å². The van der Waals surface area contributed by atoms with Crippen molar-refractivity contribution >= 4 is 12.4 Å². The summed E-state index contributed by atoms with van der Waals surface area (Å²) in [4.78, 5) is 13.9. The van der Waals surface area contributed by atoms with Crippen LogP contribution in [0.3, 0.4) is 0 Å². The third kappa shape index (κ3) is 5.12. The van der Waals surface area contributed by atoms with Crippen LogP contribution in [0.25, 0.3) is 6.08 Å². The van der Waals surface area contributed by atoms with Crippen molar-refractivity contribution < 1.29 is 9.90 Å². The Morgan fingerprint density at radius 3 is 2.44 bits per heavy atom. The maximum Gasteiger partial charge on any atom is 0.150 e. The Balaban J connectivity index is 2.14. The van der Waals surface area contributed by atoms with Gasteiger partial charge in [0.2, 0.25) is 0 Å². The Hall–Kier alpha value is -2.23. The molecule has 25 heavy (non-hydrogen) atoms. The average molecular weight is 337 g/mol. The fraction of sp³-hybridized carbons (Fsp3) is 0.318. The van der Waals surface area contributed by atoms with Gasteiger partial charge < -0.3 is 10.0 Å². The molecule has 0 bridgehead atoms. The molecular formula is C22H27NO2. The zero-order chi connectivity index (χ0) is 18.2. The first-order valence-electron chi connectivity index (χ1n) is 8.66. The van der Waals surface area contributed by atoms with Gasteiger partial charge in [0.15, 0.2) is 6.29 Å². The number of hydrogen-bond acceptors (Lipinski definition) is 3. The molecule has 132 valence electrons. The molecule has 0 saturated carbocycles. The molecule has 3 heteroatoms. The van der Waals surface area contributed by atoms with Gasteiger partial charge in [-0.25, -0.2) is 0 Å². The van der Waals surface area contributed by atoms with E-state index in [0.717, 1.165) is 35.9 Å². The zero-order valence-corrected chi connectivity index (χ0v) is 15.2. The monoisotopic (exact) mass is 337 g/mol. The molecule has 1 N–H and O–H groups in total. The Morgan fingerprint density at radius 2 is 1.84 bits per heavy atom. The van der Waals surface area contributed by atoms with Crippen LogP contribution in [-0.4, -0.2) is 36.5 Å². The van der Waals surface area contributed by atoms with E-state index in [1.165, 1.54) is 11.1 Å². The third-order valence-corrected chi connectivity index (χ3v) is 4.53. The van der Waals surface area contributed by atoms with Crippen LogP contribution in [0.5, 0.6) is 0 Å². The smallest absolute Gasteiger partial charge is 0.150 e. The fourth-order valence-corrected chi connectivity index (χ4v) is 3.01. The van der Waals surface area contributed by atoms with Gasteiger partial charge in [-0.05, 0) is 49.1 Å². The molecule has 2 rings (SSSR count). The summed E-state index contributed by atoms with van der Waals surface area (Å²) in [5, 5.41) is 9.22. The average Bonchev–Trinajstić information content (AvgIpc) is 2.62. The summed E-state index contributed by atoms with van der Waals surface area (Å²) >= 11 is 0. The number of aliphatic hydroxyl groups excluding tert-OH is 1. The summed E-state index contributed by atoms with van der Waals surface area (Å²) in [6.07, 6.45) is 4.15. The molecule has 0 saturated heterocycles. The lowest BCUT2D eigenvalue weighted by Gasteiger charge is -2.21. The van der Waals surface area contributed by atoms with E-state index in [0.29, 0.717) is 18.5 Å². The number of aldehydes is 1. The van der Waals surface area contributed by atoms with Gasteiger partial charge in [-0.15, -0.1) is 0 Å². The highest BCUT2D eigenvalue weighted by molar-refractivity contribution is 5.82. The molecule has 0 aliphatic heterocycles. The molecule has 2 aromatic carbocycles. The van der Waals surface area contributed by atoms with Crippen LogP contribution in [0.15, 0.2) is 43.0 Å². The highest BCUT2D eigenvalue weighted by Gasteiger charge is 2.13. The molecule has 2 aromatic rings. The first-order valence-corrected chi connectivity index (χ1v) is 8.66. The summed E-state index contributed by atoms with van der Waals surface area (Å²) in [5.41, 5.74) is 6.13. The summed E-state index contributed by atoms with van der Waals surface area (Å²) < 4.78 is 0. The molecule has 0 unspecified atom stereocenters. The Labute approximate surface area is 150 Å². The number of carbonyl (C=O) groups is 1. The van der Waals surface area contributed by atoms with E-state index in [9.17, 15) is 9.90 Å². The minimum atomic E-state index is 0.0387. The first kappa shape index (κ1) is 19.1. The van der Waals surface area contributed by atoms with Crippen LogP contribution in [-0.2, 0) is 19.4 Å². The predicted octanol–water partition coefficient (Wildman–Crippen LogP) is 3.66. The van der Waals surface area contributed by atoms with Crippen molar-refractivity contribution in [3.63, 3.8) is 0 Å². The van der Waals surface area contributed by atoms with Gasteiger partial charge in [-0.3, -0.25) is 4.79 Å². The van der Waals surface area contributed by atoms with Crippen molar-refractivity contribution in [1.29, 1.82) is 0 Å². The second-order valence-electron chi connectivity index (χ2n) is 6.48. The van der Waals surface area contributed by atoms with Gasteiger partial charge in [0.1, 0.15) is 0 Å². The van der Waals surface area contributed by atoms with Crippen LogP contribution in [0.4, 0.5) is 0 Å². The first-order chi connectivity index (χ1) is 12.1. The lowest BCUT2D eigenvalue weighted by Crippen LogP contribution is -2.22. The normalized spacial score (nSPS) is 10.9. The number of hydrogen-bond donors (Lipinski definition) is 1. The molecule has 0 fully saturated rings. The van der Waals surface area contributed by atoms with Gasteiger partial charge in [0, 0.05) is 25.3 Å². The second kappa shape index (κ2) is 9.30. The highest BCUT2D eigenvalue weighted by atomic mass is 16.3. The van der Waals surface area contributed by atoms with E-state index >= 15 is 0 Å². The predicted molar refractivity (Wildman–Crippen MR) is 104 cm³/mol. The van der Waals surface area contributed by atoms with Crippen LogP contribution in [0, 0.1) is 6.92 Å². The lowest BCUT2D eigenvalue weighted by atomic mass is 9.94. The highest BCUT2D eigenvalue weighted by Crippen LogP contribution is 2.21. The zero-order valence-electron chi connectivity index (χ0n) is 15.2. The van der Waals surface area contributed by atoms with E-state index in [1.807, 2.05) is 12.1 Å². The quantitative estimate of drug-likeness (QED) is 0.710. The molecule has 0 heterocycles. The number of rotatable bonds is 9. The topological polar surface area (TPSA) is 40.5 Å². The van der Waals surface area contributed by atoms with Crippen molar-refractivity contribution in [2.75, 3.05) is 20.2 Å². The second-order valence-corrected chi connectivity index (χ2v) is 6.48. The lowest BCUT2D eigenvalue weighted by molar-refractivity contribution is 0.112. The molecule has 0 amide bonds. The summed E-state index contributed by atoms with van der Waals surface area (Å²) in [6.45, 7) is 7.58. The summed E-state index contributed by atoms with van der Waals surface area (Å²) in [5.74, 6) is 0. The van der Waals surface area contributed by atoms with Crippen molar-refractivity contribution in [3.05, 3.63) is 76.4 Å². The van der Waals surface area contributed by atoms with Gasteiger partial charge >= 0.3 is 0 Å². The fourth-order valence-electron chi connectivity index (χ4n) is 3.01. The molecule has 0 aromatic heterocycles. The molecule has 0 spiro atoms. The molecule has 0 aliphatic carbocycles. The van der Waals surface area contributed by atoms with Crippen LogP contribution in [0.2, 0.25) is 0 Å². The number of likely N-dealkylation sites (N-methyl/N-ethyl adjacent to an activating group) is 1. The van der Waals surface area contributed by atoms with E-state index in [-0.39, 0.29) is 6.61 Å². The maximum atomic E-state index is 11.6. The van der Waals surface area contributed by atoms with Gasteiger partial charge in [0.25, 0.3) is 0 Å². The molecule has 3 nitrogen and oxygen atoms in total. The van der Waals surface area contributed by atoms with E-state index in [2.05, 4.69) is 49.7 Å². The van der Waals surface area contributed by atoms with E-state index in [1.54, 1.807) is 6.08 Å². The largest absolute Gasteiger partial charge is 0.396 e. The number of aryl methyl sites for hydroxylation is 1. The summed E-state index contributed by atoms with van der Waals surface area (Å²) in [6, 6.07) is 12.5. The Morgan fingerprint density at radius 1 is 1.12 bits per heavy atom. The minimum Gasteiger partial charge on any atom is -0.396 e. The Bertz CT molecular complexity index is 720. The van der Waals surface area contributed by atoms with Gasteiger partial charge in [-0.1, -0.05) is 54.6 Å².